The standard InChI is InChI=1S/C10H10BrN3/c1-14(2)10-12-6-7-8(11)4-3-5-9(7)13-10/h3-6H,1-2H3. The third-order valence-electron chi connectivity index (χ3n) is 1.96. The Kier molecular flexibility index (Phi) is 2.37. The zero-order valence-electron chi connectivity index (χ0n) is 8.03. The molecule has 1 heterocycles. The molecular formula is C10H10BrN3. The molecule has 14 heavy (non-hydrogen) atoms. The molecule has 72 valence electrons. The predicted molar refractivity (Wildman–Crippen MR) is 61.6 cm³/mol. The Labute approximate surface area is 90.9 Å². The van der Waals surface area contributed by atoms with Gasteiger partial charge >= 0.3 is 0 Å². The first-order chi connectivity index (χ1) is 6.68. The molecule has 0 spiro atoms. The van der Waals surface area contributed by atoms with Crippen LogP contribution in [-0.4, -0.2) is 24.1 Å². The van der Waals surface area contributed by atoms with E-state index in [9.17, 15) is 0 Å². The lowest BCUT2D eigenvalue weighted by atomic mass is 10.2. The highest BCUT2D eigenvalue weighted by molar-refractivity contribution is 9.10. The molecule has 0 atom stereocenters. The highest BCUT2D eigenvalue weighted by Gasteiger charge is 2.03. The molecule has 2 aromatic rings. The molecule has 2 rings (SSSR count). The second-order valence-corrected chi connectivity index (χ2v) is 4.09. The summed E-state index contributed by atoms with van der Waals surface area (Å²) < 4.78 is 1.03. The van der Waals surface area contributed by atoms with Crippen LogP contribution in [0.25, 0.3) is 10.9 Å². The highest BCUT2D eigenvalue weighted by atomic mass is 79.9. The molecule has 0 unspecified atom stereocenters. The Morgan fingerprint density at radius 2 is 2.07 bits per heavy atom. The van der Waals surface area contributed by atoms with Gasteiger partial charge in [0.1, 0.15) is 0 Å². The second kappa shape index (κ2) is 3.53. The number of fused-ring (bicyclic) bond motifs is 1. The van der Waals surface area contributed by atoms with Crippen molar-refractivity contribution in [1.82, 2.24) is 9.97 Å². The number of nitrogens with zero attached hydrogens (tertiary/aromatic N) is 3. The van der Waals surface area contributed by atoms with Crippen LogP contribution in [0.4, 0.5) is 5.95 Å². The van der Waals surface area contributed by atoms with Crippen molar-refractivity contribution in [1.29, 1.82) is 0 Å². The van der Waals surface area contributed by atoms with Crippen molar-refractivity contribution in [2.75, 3.05) is 19.0 Å². The van der Waals surface area contributed by atoms with E-state index in [2.05, 4.69) is 25.9 Å². The monoisotopic (exact) mass is 251 g/mol. The molecular weight excluding hydrogens is 242 g/mol. The minimum Gasteiger partial charge on any atom is -0.347 e. The lowest BCUT2D eigenvalue weighted by molar-refractivity contribution is 1.02. The van der Waals surface area contributed by atoms with Crippen molar-refractivity contribution in [2.45, 2.75) is 0 Å². The molecule has 0 aliphatic rings. The third kappa shape index (κ3) is 1.57. The summed E-state index contributed by atoms with van der Waals surface area (Å²) >= 11 is 3.46. The molecule has 0 aliphatic carbocycles. The van der Waals surface area contributed by atoms with Crippen LogP contribution >= 0.6 is 15.9 Å². The number of benzene rings is 1. The van der Waals surface area contributed by atoms with E-state index < -0.39 is 0 Å². The van der Waals surface area contributed by atoms with E-state index in [1.807, 2.05) is 43.4 Å². The average molecular weight is 252 g/mol. The van der Waals surface area contributed by atoms with Gasteiger partial charge in [0.05, 0.1) is 5.52 Å². The lowest BCUT2D eigenvalue weighted by Crippen LogP contribution is -2.12. The zero-order chi connectivity index (χ0) is 10.1. The van der Waals surface area contributed by atoms with Crippen LogP contribution in [0.5, 0.6) is 0 Å². The molecule has 0 N–H and O–H groups in total. The van der Waals surface area contributed by atoms with Crippen LogP contribution in [0.3, 0.4) is 0 Å². The smallest absolute Gasteiger partial charge is 0.225 e. The molecule has 0 aliphatic heterocycles. The van der Waals surface area contributed by atoms with Crippen molar-refractivity contribution in [3.8, 4) is 0 Å². The number of hydrogen-bond donors (Lipinski definition) is 0. The van der Waals surface area contributed by atoms with Gasteiger partial charge in [0.2, 0.25) is 5.95 Å². The minimum absolute atomic E-state index is 0.732. The number of anilines is 1. The van der Waals surface area contributed by atoms with Gasteiger partial charge in [0.25, 0.3) is 0 Å². The topological polar surface area (TPSA) is 29.0 Å². The molecule has 0 amide bonds. The number of halogens is 1. The number of rotatable bonds is 1. The maximum atomic E-state index is 4.42. The predicted octanol–water partition coefficient (Wildman–Crippen LogP) is 2.46. The lowest BCUT2D eigenvalue weighted by Gasteiger charge is -2.10. The van der Waals surface area contributed by atoms with Gasteiger partial charge in [-0.05, 0) is 12.1 Å². The van der Waals surface area contributed by atoms with Crippen molar-refractivity contribution in [3.05, 3.63) is 28.9 Å². The summed E-state index contributed by atoms with van der Waals surface area (Å²) in [6.07, 6.45) is 1.84. The molecule has 0 bridgehead atoms. The van der Waals surface area contributed by atoms with E-state index in [4.69, 9.17) is 0 Å². The largest absolute Gasteiger partial charge is 0.347 e. The van der Waals surface area contributed by atoms with Gasteiger partial charge in [-0.2, -0.15) is 0 Å². The third-order valence-corrected chi connectivity index (χ3v) is 2.65. The maximum Gasteiger partial charge on any atom is 0.225 e. The second-order valence-electron chi connectivity index (χ2n) is 3.24. The Morgan fingerprint density at radius 1 is 1.29 bits per heavy atom. The summed E-state index contributed by atoms with van der Waals surface area (Å²) in [7, 11) is 3.86. The van der Waals surface area contributed by atoms with Crippen LogP contribution < -0.4 is 4.90 Å². The molecule has 0 saturated carbocycles. The fourth-order valence-electron chi connectivity index (χ4n) is 1.23. The van der Waals surface area contributed by atoms with E-state index in [0.717, 1.165) is 21.3 Å². The van der Waals surface area contributed by atoms with Crippen molar-refractivity contribution >= 4 is 32.8 Å². The molecule has 0 fully saturated rings. The van der Waals surface area contributed by atoms with Crippen molar-refractivity contribution in [2.24, 2.45) is 0 Å². The van der Waals surface area contributed by atoms with Gasteiger partial charge in [-0.3, -0.25) is 0 Å². The van der Waals surface area contributed by atoms with Crippen molar-refractivity contribution in [3.63, 3.8) is 0 Å². The van der Waals surface area contributed by atoms with E-state index in [1.54, 1.807) is 0 Å². The Balaban J connectivity index is 2.67. The summed E-state index contributed by atoms with van der Waals surface area (Å²) in [4.78, 5) is 10.6. The van der Waals surface area contributed by atoms with Crippen molar-refractivity contribution < 1.29 is 0 Å². The summed E-state index contributed by atoms with van der Waals surface area (Å²) in [5, 5.41) is 1.04. The van der Waals surface area contributed by atoms with Gasteiger partial charge < -0.3 is 4.90 Å². The van der Waals surface area contributed by atoms with Crippen LogP contribution in [-0.2, 0) is 0 Å². The van der Waals surface area contributed by atoms with Crippen LogP contribution in [0, 0.1) is 0 Å². The summed E-state index contributed by atoms with van der Waals surface area (Å²) in [5.74, 6) is 0.732. The van der Waals surface area contributed by atoms with Gasteiger partial charge in [-0.25, -0.2) is 9.97 Å². The average Bonchev–Trinajstić information content (AvgIpc) is 2.17. The van der Waals surface area contributed by atoms with E-state index in [1.165, 1.54) is 0 Å². The molecule has 0 radical (unpaired) electrons. The highest BCUT2D eigenvalue weighted by Crippen LogP contribution is 2.22. The molecule has 3 nitrogen and oxygen atoms in total. The normalized spacial score (nSPS) is 10.5. The SMILES string of the molecule is CN(C)c1ncc2c(Br)cccc2n1. The fourth-order valence-corrected chi connectivity index (χ4v) is 1.68. The number of hydrogen-bond acceptors (Lipinski definition) is 3. The summed E-state index contributed by atoms with van der Waals surface area (Å²) in [5.41, 5.74) is 0.957. The summed E-state index contributed by atoms with van der Waals surface area (Å²) in [6.45, 7) is 0. The molecule has 1 aromatic heterocycles. The van der Waals surface area contributed by atoms with Crippen LogP contribution in [0.15, 0.2) is 28.9 Å². The molecule has 0 saturated heterocycles. The number of aromatic nitrogens is 2. The van der Waals surface area contributed by atoms with E-state index in [-0.39, 0.29) is 0 Å². The Hall–Kier alpha value is -1.16. The van der Waals surface area contributed by atoms with Crippen LogP contribution in [0.2, 0.25) is 0 Å². The van der Waals surface area contributed by atoms with Gasteiger partial charge in [0, 0.05) is 30.2 Å². The zero-order valence-corrected chi connectivity index (χ0v) is 9.62. The van der Waals surface area contributed by atoms with Gasteiger partial charge in [0.15, 0.2) is 0 Å². The van der Waals surface area contributed by atoms with Gasteiger partial charge in [-0.15, -0.1) is 0 Å². The quantitative estimate of drug-likeness (QED) is 0.780. The first-order valence-corrected chi connectivity index (χ1v) is 5.06. The van der Waals surface area contributed by atoms with Gasteiger partial charge in [-0.1, -0.05) is 22.0 Å². The maximum absolute atomic E-state index is 4.42. The minimum atomic E-state index is 0.732. The Bertz CT molecular complexity index is 468. The first-order valence-electron chi connectivity index (χ1n) is 4.27. The summed E-state index contributed by atoms with van der Waals surface area (Å²) in [6, 6.07) is 5.94. The van der Waals surface area contributed by atoms with E-state index in [0.29, 0.717) is 0 Å². The van der Waals surface area contributed by atoms with E-state index >= 15 is 0 Å². The van der Waals surface area contributed by atoms with Crippen LogP contribution in [0.1, 0.15) is 0 Å². The molecule has 1 aromatic carbocycles. The first kappa shape index (κ1) is 9.40. The Morgan fingerprint density at radius 3 is 2.79 bits per heavy atom. The fraction of sp³-hybridized carbons (Fsp3) is 0.200. The molecule has 4 heteroatoms.